The Morgan fingerprint density at radius 2 is 1.90 bits per heavy atom. The number of halogens is 1. The molecule has 2 heterocycles. The Hall–Kier alpha value is -0.330. The van der Waals surface area contributed by atoms with Crippen LogP contribution in [0.5, 0.6) is 0 Å². The summed E-state index contributed by atoms with van der Waals surface area (Å²) in [6, 6.07) is 0.289. The standard InChI is InChI=1S/C13H24N2O3S.ClH/c1-2-8-15(12-3-6-14-7-4-12)13(16)11-5-9-19(17,18)10-11;/h11-12,14H,2-10H2,1H3;1H. The molecular weight excluding hydrogens is 300 g/mol. The molecule has 0 aromatic carbocycles. The number of carbonyl (C=O) groups is 1. The van der Waals surface area contributed by atoms with Gasteiger partial charge in [-0.1, -0.05) is 6.92 Å². The average Bonchev–Trinajstić information content (AvgIpc) is 2.77. The van der Waals surface area contributed by atoms with E-state index in [1.54, 1.807) is 0 Å². The van der Waals surface area contributed by atoms with E-state index in [0.29, 0.717) is 6.42 Å². The van der Waals surface area contributed by atoms with Gasteiger partial charge >= 0.3 is 0 Å². The largest absolute Gasteiger partial charge is 0.339 e. The zero-order valence-corrected chi connectivity index (χ0v) is 13.6. The van der Waals surface area contributed by atoms with Crippen LogP contribution in [0.1, 0.15) is 32.6 Å². The second kappa shape index (κ2) is 7.61. The summed E-state index contributed by atoms with van der Waals surface area (Å²) < 4.78 is 23.0. The molecule has 1 unspecified atom stereocenters. The van der Waals surface area contributed by atoms with E-state index in [0.717, 1.165) is 38.9 Å². The Balaban J connectivity index is 0.00000200. The van der Waals surface area contributed by atoms with Crippen LogP contribution in [0.15, 0.2) is 0 Å². The summed E-state index contributed by atoms with van der Waals surface area (Å²) in [6.07, 6.45) is 3.39. The zero-order chi connectivity index (χ0) is 13.9. The number of amides is 1. The van der Waals surface area contributed by atoms with Gasteiger partial charge in [-0.15, -0.1) is 12.4 Å². The van der Waals surface area contributed by atoms with Crippen molar-refractivity contribution < 1.29 is 13.2 Å². The maximum Gasteiger partial charge on any atom is 0.226 e. The fourth-order valence-corrected chi connectivity index (χ4v) is 4.79. The van der Waals surface area contributed by atoms with E-state index < -0.39 is 9.84 Å². The summed E-state index contributed by atoms with van der Waals surface area (Å²) >= 11 is 0. The quantitative estimate of drug-likeness (QED) is 0.832. The Kier molecular flexibility index (Phi) is 6.75. The van der Waals surface area contributed by atoms with Crippen molar-refractivity contribution in [2.24, 2.45) is 5.92 Å². The minimum atomic E-state index is -2.98. The summed E-state index contributed by atoms with van der Waals surface area (Å²) in [6.45, 7) is 4.70. The van der Waals surface area contributed by atoms with Gasteiger partial charge in [0.25, 0.3) is 0 Å². The van der Waals surface area contributed by atoms with E-state index in [9.17, 15) is 13.2 Å². The number of carbonyl (C=O) groups excluding carboxylic acids is 1. The Labute approximate surface area is 127 Å². The molecule has 2 aliphatic rings. The molecule has 2 fully saturated rings. The second-order valence-corrected chi connectivity index (χ2v) is 7.84. The van der Waals surface area contributed by atoms with Crippen molar-refractivity contribution >= 4 is 28.2 Å². The highest BCUT2D eigenvalue weighted by atomic mass is 35.5. The van der Waals surface area contributed by atoms with Gasteiger partial charge in [0.2, 0.25) is 5.91 Å². The first-order valence-electron chi connectivity index (χ1n) is 7.25. The number of hydrogen-bond acceptors (Lipinski definition) is 4. The number of sulfone groups is 1. The van der Waals surface area contributed by atoms with Crippen molar-refractivity contribution in [1.82, 2.24) is 10.2 Å². The summed E-state index contributed by atoms with van der Waals surface area (Å²) in [5.74, 6) is -0.00616. The Morgan fingerprint density at radius 3 is 2.40 bits per heavy atom. The van der Waals surface area contributed by atoms with Gasteiger partial charge in [-0.25, -0.2) is 8.42 Å². The molecule has 5 nitrogen and oxygen atoms in total. The third-order valence-corrected chi connectivity index (χ3v) is 5.85. The van der Waals surface area contributed by atoms with E-state index >= 15 is 0 Å². The van der Waals surface area contributed by atoms with Gasteiger partial charge in [-0.2, -0.15) is 0 Å². The minimum Gasteiger partial charge on any atom is -0.339 e. The predicted octanol–water partition coefficient (Wildman–Crippen LogP) is 0.833. The minimum absolute atomic E-state index is 0. The highest BCUT2D eigenvalue weighted by molar-refractivity contribution is 7.91. The molecule has 0 aromatic heterocycles. The number of piperidine rings is 1. The lowest BCUT2D eigenvalue weighted by Crippen LogP contribution is -2.48. The number of nitrogens with zero attached hydrogens (tertiary/aromatic N) is 1. The first-order chi connectivity index (χ1) is 9.03. The first kappa shape index (κ1) is 17.7. The van der Waals surface area contributed by atoms with Crippen LogP contribution in [0, 0.1) is 5.92 Å². The van der Waals surface area contributed by atoms with Gasteiger partial charge in [0, 0.05) is 12.6 Å². The summed E-state index contributed by atoms with van der Waals surface area (Å²) in [5.41, 5.74) is 0. The normalized spacial score (nSPS) is 25.9. The lowest BCUT2D eigenvalue weighted by Gasteiger charge is -2.36. The smallest absolute Gasteiger partial charge is 0.226 e. The van der Waals surface area contributed by atoms with E-state index in [1.807, 2.05) is 4.90 Å². The topological polar surface area (TPSA) is 66.5 Å². The van der Waals surface area contributed by atoms with Crippen molar-refractivity contribution in [2.75, 3.05) is 31.1 Å². The van der Waals surface area contributed by atoms with Gasteiger partial charge < -0.3 is 10.2 Å². The zero-order valence-electron chi connectivity index (χ0n) is 12.0. The average molecular weight is 325 g/mol. The summed E-state index contributed by atoms with van der Waals surface area (Å²) in [5, 5.41) is 3.30. The van der Waals surface area contributed by atoms with Gasteiger partial charge in [-0.3, -0.25) is 4.79 Å². The van der Waals surface area contributed by atoms with E-state index in [4.69, 9.17) is 0 Å². The molecule has 7 heteroatoms. The maximum atomic E-state index is 12.6. The molecule has 0 radical (unpaired) electrons. The molecule has 1 N–H and O–H groups in total. The number of nitrogens with one attached hydrogen (secondary N) is 1. The molecule has 0 spiro atoms. The highest BCUT2D eigenvalue weighted by Gasteiger charge is 2.37. The molecule has 0 bridgehead atoms. The first-order valence-corrected chi connectivity index (χ1v) is 9.07. The Bertz CT molecular complexity index is 421. The monoisotopic (exact) mass is 324 g/mol. The summed E-state index contributed by atoms with van der Waals surface area (Å²) in [4.78, 5) is 14.5. The van der Waals surface area contributed by atoms with E-state index in [2.05, 4.69) is 12.2 Å². The molecule has 2 rings (SSSR count). The molecule has 2 saturated heterocycles. The molecule has 118 valence electrons. The number of hydrogen-bond donors (Lipinski definition) is 1. The van der Waals surface area contributed by atoms with Gasteiger partial charge in [0.05, 0.1) is 17.4 Å². The van der Waals surface area contributed by atoms with E-state index in [-0.39, 0.29) is 41.8 Å². The van der Waals surface area contributed by atoms with Crippen molar-refractivity contribution in [3.05, 3.63) is 0 Å². The second-order valence-electron chi connectivity index (χ2n) is 5.61. The molecule has 1 amide bonds. The molecular formula is C13H25ClN2O3S. The van der Waals surface area contributed by atoms with Crippen LogP contribution >= 0.6 is 12.4 Å². The van der Waals surface area contributed by atoms with Crippen molar-refractivity contribution in [1.29, 1.82) is 0 Å². The fourth-order valence-electron chi connectivity index (χ4n) is 3.06. The van der Waals surface area contributed by atoms with Crippen LogP contribution in [0.2, 0.25) is 0 Å². The Morgan fingerprint density at radius 1 is 1.25 bits per heavy atom. The van der Waals surface area contributed by atoms with E-state index in [1.165, 1.54) is 0 Å². The molecule has 20 heavy (non-hydrogen) atoms. The fraction of sp³-hybridized carbons (Fsp3) is 0.923. The van der Waals surface area contributed by atoms with Gasteiger partial charge in [-0.05, 0) is 38.8 Å². The molecule has 0 saturated carbocycles. The van der Waals surface area contributed by atoms with Crippen LogP contribution in [0.4, 0.5) is 0 Å². The third kappa shape index (κ3) is 4.33. The van der Waals surface area contributed by atoms with Crippen molar-refractivity contribution in [3.63, 3.8) is 0 Å². The number of rotatable bonds is 4. The molecule has 2 aliphatic heterocycles. The molecule has 0 aliphatic carbocycles. The van der Waals surface area contributed by atoms with Crippen LogP contribution < -0.4 is 5.32 Å². The highest BCUT2D eigenvalue weighted by Crippen LogP contribution is 2.23. The SMILES string of the molecule is CCCN(C(=O)C1CCS(=O)(=O)C1)C1CCNCC1.Cl. The molecule has 0 aromatic rings. The van der Waals surface area contributed by atoms with Crippen LogP contribution in [0.25, 0.3) is 0 Å². The van der Waals surface area contributed by atoms with Gasteiger partial charge in [0.15, 0.2) is 9.84 Å². The van der Waals surface area contributed by atoms with Crippen LogP contribution in [0.3, 0.4) is 0 Å². The van der Waals surface area contributed by atoms with Crippen LogP contribution in [-0.2, 0) is 14.6 Å². The van der Waals surface area contributed by atoms with Crippen LogP contribution in [-0.4, -0.2) is 56.4 Å². The van der Waals surface area contributed by atoms with Crippen molar-refractivity contribution in [3.8, 4) is 0 Å². The maximum absolute atomic E-state index is 12.6. The lowest BCUT2D eigenvalue weighted by molar-refractivity contribution is -0.137. The lowest BCUT2D eigenvalue weighted by atomic mass is 10.0. The van der Waals surface area contributed by atoms with Gasteiger partial charge in [0.1, 0.15) is 0 Å². The van der Waals surface area contributed by atoms with Crippen molar-refractivity contribution in [2.45, 2.75) is 38.6 Å². The predicted molar refractivity (Wildman–Crippen MR) is 81.9 cm³/mol. The third-order valence-electron chi connectivity index (χ3n) is 4.08. The molecule has 1 atom stereocenters. The summed E-state index contributed by atoms with van der Waals surface area (Å²) in [7, 11) is -2.98.